The third-order valence-corrected chi connectivity index (χ3v) is 6.39. The van der Waals surface area contributed by atoms with Gasteiger partial charge in [-0.1, -0.05) is 60.2 Å². The quantitative estimate of drug-likeness (QED) is 0.368. The van der Waals surface area contributed by atoms with Gasteiger partial charge in [0.05, 0.1) is 5.69 Å². The van der Waals surface area contributed by atoms with Gasteiger partial charge < -0.3 is 4.18 Å². The first-order chi connectivity index (χ1) is 14.9. The van der Waals surface area contributed by atoms with Crippen molar-refractivity contribution in [2.24, 2.45) is 0 Å². The summed E-state index contributed by atoms with van der Waals surface area (Å²) < 4.78 is 31.2. The molecule has 4 rings (SSSR count). The normalized spacial score (nSPS) is 11.3. The van der Waals surface area contributed by atoms with Crippen LogP contribution in [0, 0.1) is 13.8 Å². The second-order valence-electron chi connectivity index (χ2n) is 7.46. The molecular formula is C26H23NO3S. The first-order valence-corrected chi connectivity index (χ1v) is 11.4. The Bertz CT molecular complexity index is 1300. The number of aromatic nitrogens is 1. The molecule has 0 aliphatic carbocycles. The average Bonchev–Trinajstić information content (AvgIpc) is 2.76. The van der Waals surface area contributed by atoms with Crippen molar-refractivity contribution in [3.05, 3.63) is 113 Å². The van der Waals surface area contributed by atoms with Crippen LogP contribution in [-0.2, 0) is 16.5 Å². The topological polar surface area (TPSA) is 56.3 Å². The minimum absolute atomic E-state index is 0.137. The smallest absolute Gasteiger partial charge is 0.339 e. The van der Waals surface area contributed by atoms with Crippen LogP contribution in [0.3, 0.4) is 0 Å². The Morgan fingerprint density at radius 1 is 0.774 bits per heavy atom. The molecule has 0 aliphatic rings. The summed E-state index contributed by atoms with van der Waals surface area (Å²) in [7, 11) is -3.93. The molecule has 31 heavy (non-hydrogen) atoms. The minimum Gasteiger partial charge on any atom is -0.379 e. The number of aryl methyl sites for hydroxylation is 2. The third-order valence-electron chi connectivity index (χ3n) is 5.14. The van der Waals surface area contributed by atoms with Crippen LogP contribution >= 0.6 is 0 Å². The Morgan fingerprint density at radius 2 is 1.48 bits per heavy atom. The van der Waals surface area contributed by atoms with Gasteiger partial charge in [0.15, 0.2) is 0 Å². The third kappa shape index (κ3) is 4.67. The predicted octanol–water partition coefficient (Wildman–Crippen LogP) is 5.72. The molecule has 0 saturated heterocycles. The number of pyridine rings is 1. The van der Waals surface area contributed by atoms with E-state index in [1.807, 2.05) is 49.4 Å². The number of hydrogen-bond donors (Lipinski definition) is 0. The summed E-state index contributed by atoms with van der Waals surface area (Å²) in [4.78, 5) is 4.65. The van der Waals surface area contributed by atoms with E-state index >= 15 is 0 Å². The molecule has 156 valence electrons. The van der Waals surface area contributed by atoms with Gasteiger partial charge >= 0.3 is 10.1 Å². The molecule has 0 spiro atoms. The Hall–Kier alpha value is -3.44. The van der Waals surface area contributed by atoms with Crippen molar-refractivity contribution >= 4 is 10.1 Å². The van der Waals surface area contributed by atoms with E-state index in [1.54, 1.807) is 42.6 Å². The zero-order valence-corrected chi connectivity index (χ0v) is 18.3. The van der Waals surface area contributed by atoms with Gasteiger partial charge in [-0.2, -0.15) is 8.42 Å². The van der Waals surface area contributed by atoms with Crippen molar-refractivity contribution in [2.75, 3.05) is 0 Å². The molecule has 0 aliphatic heterocycles. The van der Waals surface area contributed by atoms with Gasteiger partial charge in [0.1, 0.15) is 10.6 Å². The molecule has 3 aromatic carbocycles. The van der Waals surface area contributed by atoms with E-state index in [4.69, 9.17) is 4.18 Å². The van der Waals surface area contributed by atoms with Gasteiger partial charge in [-0.05, 0) is 55.3 Å². The Labute approximate surface area is 183 Å². The van der Waals surface area contributed by atoms with E-state index in [9.17, 15) is 8.42 Å². The predicted molar refractivity (Wildman–Crippen MR) is 123 cm³/mol. The van der Waals surface area contributed by atoms with Crippen LogP contribution in [-0.4, -0.2) is 13.4 Å². The summed E-state index contributed by atoms with van der Waals surface area (Å²) >= 11 is 0. The first kappa shape index (κ1) is 20.8. The second-order valence-corrected chi connectivity index (χ2v) is 9.01. The molecule has 0 bridgehead atoms. The molecule has 0 radical (unpaired) electrons. The molecule has 0 amide bonds. The molecule has 0 N–H and O–H groups in total. The molecule has 0 unspecified atom stereocenters. The molecular weight excluding hydrogens is 406 g/mol. The fourth-order valence-corrected chi connectivity index (χ4v) is 4.53. The van der Waals surface area contributed by atoms with Crippen LogP contribution < -0.4 is 4.18 Å². The summed E-state index contributed by atoms with van der Waals surface area (Å²) in [6.07, 6.45) is 2.30. The van der Waals surface area contributed by atoms with Crippen LogP contribution in [0.1, 0.15) is 22.3 Å². The van der Waals surface area contributed by atoms with E-state index in [0.29, 0.717) is 12.2 Å². The molecule has 4 nitrogen and oxygen atoms in total. The summed E-state index contributed by atoms with van der Waals surface area (Å²) in [6.45, 7) is 3.96. The lowest BCUT2D eigenvalue weighted by Crippen LogP contribution is -2.11. The number of hydrogen-bond acceptors (Lipinski definition) is 4. The highest BCUT2D eigenvalue weighted by Gasteiger charge is 2.19. The van der Waals surface area contributed by atoms with Crippen molar-refractivity contribution in [1.29, 1.82) is 0 Å². The van der Waals surface area contributed by atoms with Crippen molar-refractivity contribution in [3.63, 3.8) is 0 Å². The first-order valence-electron chi connectivity index (χ1n) is 10.0. The summed E-state index contributed by atoms with van der Waals surface area (Å²) in [5, 5.41) is 0. The maximum absolute atomic E-state index is 12.8. The van der Waals surface area contributed by atoms with Crippen LogP contribution in [0.4, 0.5) is 0 Å². The van der Waals surface area contributed by atoms with E-state index in [0.717, 1.165) is 33.5 Å². The van der Waals surface area contributed by atoms with E-state index < -0.39 is 10.1 Å². The highest BCUT2D eigenvalue weighted by Crippen LogP contribution is 2.31. The van der Waals surface area contributed by atoms with Gasteiger partial charge in [0, 0.05) is 23.7 Å². The van der Waals surface area contributed by atoms with Crippen LogP contribution in [0.2, 0.25) is 0 Å². The van der Waals surface area contributed by atoms with Gasteiger partial charge in [0.25, 0.3) is 0 Å². The molecule has 0 fully saturated rings. The van der Waals surface area contributed by atoms with Crippen LogP contribution in [0.15, 0.2) is 96.0 Å². The Balaban J connectivity index is 1.70. The van der Waals surface area contributed by atoms with Crippen molar-refractivity contribution in [3.8, 4) is 17.0 Å². The number of rotatable bonds is 6. The summed E-state index contributed by atoms with van der Waals surface area (Å²) in [6, 6.07) is 25.8. The Morgan fingerprint density at radius 3 is 2.23 bits per heavy atom. The average molecular weight is 430 g/mol. The molecule has 5 heteroatoms. The lowest BCUT2D eigenvalue weighted by Gasteiger charge is -2.15. The highest BCUT2D eigenvalue weighted by molar-refractivity contribution is 7.87. The van der Waals surface area contributed by atoms with Crippen LogP contribution in [0.25, 0.3) is 11.3 Å². The highest BCUT2D eigenvalue weighted by atomic mass is 32.2. The SMILES string of the molecule is Cc1ccc(S(=O)(=O)Oc2ccccc2Cc2cccc(C)c2-c2ccccn2)cc1. The molecule has 1 heterocycles. The van der Waals surface area contributed by atoms with Crippen molar-refractivity contribution in [2.45, 2.75) is 25.2 Å². The number of benzene rings is 3. The fourth-order valence-electron chi connectivity index (χ4n) is 3.56. The van der Waals surface area contributed by atoms with Crippen molar-refractivity contribution < 1.29 is 12.6 Å². The summed E-state index contributed by atoms with van der Waals surface area (Å²) in [5.41, 5.74) is 5.90. The van der Waals surface area contributed by atoms with E-state index in [-0.39, 0.29) is 4.90 Å². The number of para-hydroxylation sites is 1. The second kappa shape index (κ2) is 8.74. The minimum atomic E-state index is -3.93. The van der Waals surface area contributed by atoms with Gasteiger partial charge in [-0.15, -0.1) is 0 Å². The lowest BCUT2D eigenvalue weighted by atomic mass is 9.93. The molecule has 0 atom stereocenters. The molecule has 0 saturated carbocycles. The summed E-state index contributed by atoms with van der Waals surface area (Å²) in [5.74, 6) is 0.330. The maximum Gasteiger partial charge on any atom is 0.339 e. The zero-order valence-electron chi connectivity index (χ0n) is 17.4. The van der Waals surface area contributed by atoms with Crippen molar-refractivity contribution in [1.82, 2.24) is 4.98 Å². The van der Waals surface area contributed by atoms with Gasteiger partial charge in [-0.25, -0.2) is 0 Å². The zero-order chi connectivity index (χ0) is 21.8. The maximum atomic E-state index is 12.8. The monoisotopic (exact) mass is 429 g/mol. The van der Waals surface area contributed by atoms with Gasteiger partial charge in [-0.3, -0.25) is 4.98 Å². The molecule has 4 aromatic rings. The number of nitrogens with zero attached hydrogens (tertiary/aromatic N) is 1. The molecule has 1 aromatic heterocycles. The van der Waals surface area contributed by atoms with Gasteiger partial charge in [0.2, 0.25) is 0 Å². The van der Waals surface area contributed by atoms with E-state index in [2.05, 4.69) is 18.0 Å². The Kier molecular flexibility index (Phi) is 5.87. The standard InChI is InChI=1S/C26H23NO3S/c1-19-13-15-23(16-14-19)31(28,29)30-25-12-4-3-9-21(25)18-22-10-7-8-20(2)26(22)24-11-5-6-17-27-24/h3-17H,18H2,1-2H3. The van der Waals surface area contributed by atoms with E-state index in [1.165, 1.54) is 0 Å². The fraction of sp³-hybridized carbons (Fsp3) is 0.115. The largest absolute Gasteiger partial charge is 0.379 e. The van der Waals surface area contributed by atoms with Crippen LogP contribution in [0.5, 0.6) is 5.75 Å². The lowest BCUT2D eigenvalue weighted by molar-refractivity contribution is 0.483.